The maximum absolute atomic E-state index is 12.1. The van der Waals surface area contributed by atoms with Gasteiger partial charge in [0.25, 0.3) is 0 Å². The molecule has 4 radical (unpaired) electrons. The number of carbonyl (C=O) groups excluding carboxylic acids is 1. The van der Waals surface area contributed by atoms with E-state index in [1.807, 2.05) is 0 Å². The second kappa shape index (κ2) is 6.54. The van der Waals surface area contributed by atoms with Gasteiger partial charge in [0.15, 0.2) is 0 Å². The Morgan fingerprint density at radius 2 is 1.67 bits per heavy atom. The standard InChI is InChI=1S/C14H19B2NO4/c1-13(2,3)21-12(19)17(14(15,16)20)8-10-4-6-11(9-18)7-5-10/h4-7,18,20H,8-9H2,1-3H3. The number of aliphatic hydroxyl groups is 2. The van der Waals surface area contributed by atoms with Crippen LogP contribution < -0.4 is 0 Å². The van der Waals surface area contributed by atoms with Crippen LogP contribution in [0.25, 0.3) is 0 Å². The Bertz CT molecular complexity index is 477. The first kappa shape index (κ1) is 17.6. The molecule has 0 unspecified atom stereocenters. The van der Waals surface area contributed by atoms with Gasteiger partial charge in [0.2, 0.25) is 0 Å². The average Bonchev–Trinajstić information content (AvgIpc) is 2.33. The molecule has 0 bridgehead atoms. The lowest BCUT2D eigenvalue weighted by Gasteiger charge is -2.36. The maximum atomic E-state index is 12.1. The molecule has 1 aromatic carbocycles. The van der Waals surface area contributed by atoms with Crippen molar-refractivity contribution >= 4 is 21.8 Å². The first-order valence-electron chi connectivity index (χ1n) is 6.52. The van der Waals surface area contributed by atoms with Gasteiger partial charge in [0.05, 0.1) is 18.7 Å². The molecular formula is C14H19B2NO4. The zero-order valence-corrected chi connectivity index (χ0v) is 12.5. The quantitative estimate of drug-likeness (QED) is 0.636. The zero-order valence-electron chi connectivity index (χ0n) is 12.5. The average molecular weight is 287 g/mol. The van der Waals surface area contributed by atoms with E-state index in [0.717, 1.165) is 10.5 Å². The Morgan fingerprint density at radius 3 is 2.05 bits per heavy atom. The van der Waals surface area contributed by atoms with Crippen LogP contribution in [0.2, 0.25) is 0 Å². The van der Waals surface area contributed by atoms with Gasteiger partial charge >= 0.3 is 6.09 Å². The van der Waals surface area contributed by atoms with Crippen molar-refractivity contribution in [3.63, 3.8) is 0 Å². The van der Waals surface area contributed by atoms with Crippen LogP contribution in [0.15, 0.2) is 24.3 Å². The van der Waals surface area contributed by atoms with Gasteiger partial charge in [-0.15, -0.1) is 0 Å². The lowest BCUT2D eigenvalue weighted by atomic mass is 9.72. The molecule has 110 valence electrons. The molecule has 0 fully saturated rings. The Kier molecular flexibility index (Phi) is 5.48. The fourth-order valence-corrected chi connectivity index (χ4v) is 1.59. The number of ether oxygens (including phenoxy) is 1. The van der Waals surface area contributed by atoms with Gasteiger partial charge in [-0.05, 0) is 31.9 Å². The molecule has 2 N–H and O–H groups in total. The summed E-state index contributed by atoms with van der Waals surface area (Å²) in [6, 6.07) is 6.81. The second-order valence-electron chi connectivity index (χ2n) is 5.82. The highest BCUT2D eigenvalue weighted by Crippen LogP contribution is 2.17. The third-order valence-corrected chi connectivity index (χ3v) is 2.59. The molecule has 7 heteroatoms. The van der Waals surface area contributed by atoms with Crippen molar-refractivity contribution in [3.8, 4) is 0 Å². The van der Waals surface area contributed by atoms with Gasteiger partial charge in [-0.3, -0.25) is 4.90 Å². The van der Waals surface area contributed by atoms with Crippen LogP contribution in [0, 0.1) is 0 Å². The molecule has 0 atom stereocenters. The van der Waals surface area contributed by atoms with Crippen molar-refractivity contribution in [3.05, 3.63) is 35.4 Å². The number of benzene rings is 1. The first-order chi connectivity index (χ1) is 9.53. The fraction of sp³-hybridized carbons (Fsp3) is 0.500. The second-order valence-corrected chi connectivity index (χ2v) is 5.82. The number of rotatable bonds is 4. The fourth-order valence-electron chi connectivity index (χ4n) is 1.59. The summed E-state index contributed by atoms with van der Waals surface area (Å²) in [6.07, 6.45) is -0.818. The highest BCUT2D eigenvalue weighted by Gasteiger charge is 2.31. The van der Waals surface area contributed by atoms with Crippen LogP contribution in [0.5, 0.6) is 0 Å². The van der Waals surface area contributed by atoms with Crippen molar-refractivity contribution in [1.29, 1.82) is 0 Å². The van der Waals surface area contributed by atoms with Gasteiger partial charge in [-0.1, -0.05) is 24.3 Å². The third kappa shape index (κ3) is 5.81. The third-order valence-electron chi connectivity index (χ3n) is 2.59. The molecule has 5 nitrogen and oxygen atoms in total. The SMILES string of the molecule is [B]C([B])(O)N(Cc1ccc(CO)cc1)C(=O)OC(C)(C)C. The molecular weight excluding hydrogens is 268 g/mol. The van der Waals surface area contributed by atoms with Crippen molar-refractivity contribution in [1.82, 2.24) is 4.90 Å². The highest BCUT2D eigenvalue weighted by molar-refractivity contribution is 6.39. The number of hydrogen-bond donors (Lipinski definition) is 2. The minimum absolute atomic E-state index is 0.0237. The Hall–Kier alpha value is -1.46. The minimum atomic E-state index is -2.34. The van der Waals surface area contributed by atoms with Crippen molar-refractivity contribution in [2.75, 3.05) is 0 Å². The van der Waals surface area contributed by atoms with Gasteiger partial charge < -0.3 is 14.9 Å². The lowest BCUT2D eigenvalue weighted by Crippen LogP contribution is -2.53. The molecule has 0 aliphatic heterocycles. The molecule has 0 saturated carbocycles. The predicted molar refractivity (Wildman–Crippen MR) is 80.6 cm³/mol. The lowest BCUT2D eigenvalue weighted by molar-refractivity contribution is -0.0214. The number of carbonyl (C=O) groups is 1. The summed E-state index contributed by atoms with van der Waals surface area (Å²) in [5, 5.41) is 18.7. The Labute approximate surface area is 127 Å². The smallest absolute Gasteiger partial charge is 0.411 e. The molecule has 1 amide bonds. The van der Waals surface area contributed by atoms with Crippen LogP contribution in [-0.4, -0.2) is 48.0 Å². The monoisotopic (exact) mass is 287 g/mol. The van der Waals surface area contributed by atoms with Gasteiger partial charge in [0.1, 0.15) is 21.3 Å². The number of hydrogen-bond acceptors (Lipinski definition) is 4. The molecule has 0 spiro atoms. The summed E-state index contributed by atoms with van der Waals surface area (Å²) in [7, 11) is 10.8. The van der Waals surface area contributed by atoms with E-state index in [-0.39, 0.29) is 13.2 Å². The van der Waals surface area contributed by atoms with Crippen molar-refractivity contribution < 1.29 is 19.7 Å². The molecule has 0 heterocycles. The minimum Gasteiger partial charge on any atom is -0.444 e. The Balaban J connectivity index is 2.90. The van der Waals surface area contributed by atoms with Gasteiger partial charge in [-0.25, -0.2) is 4.79 Å². The molecule has 0 saturated heterocycles. The van der Waals surface area contributed by atoms with Crippen LogP contribution in [0.4, 0.5) is 4.79 Å². The van der Waals surface area contributed by atoms with E-state index in [2.05, 4.69) is 0 Å². The normalized spacial score (nSPS) is 12.0. The van der Waals surface area contributed by atoms with Crippen LogP contribution in [0.3, 0.4) is 0 Å². The molecule has 0 aliphatic rings. The summed E-state index contributed by atoms with van der Waals surface area (Å²) in [5.74, 6) is 0. The van der Waals surface area contributed by atoms with E-state index in [9.17, 15) is 9.90 Å². The van der Waals surface area contributed by atoms with Crippen molar-refractivity contribution in [2.45, 2.75) is 45.0 Å². The molecule has 1 aromatic rings. The molecule has 0 aliphatic carbocycles. The van der Waals surface area contributed by atoms with Crippen LogP contribution in [0.1, 0.15) is 31.9 Å². The summed E-state index contributed by atoms with van der Waals surface area (Å²) >= 11 is 0. The van der Waals surface area contributed by atoms with Gasteiger partial charge in [0, 0.05) is 0 Å². The Morgan fingerprint density at radius 1 is 1.19 bits per heavy atom. The topological polar surface area (TPSA) is 70.0 Å². The van der Waals surface area contributed by atoms with E-state index in [0.29, 0.717) is 5.56 Å². The predicted octanol–water partition coefficient (Wildman–Crippen LogP) is 0.857. The van der Waals surface area contributed by atoms with Gasteiger partial charge in [-0.2, -0.15) is 0 Å². The summed E-state index contributed by atoms with van der Waals surface area (Å²) in [5.41, 5.74) is -1.65. The number of nitrogens with zero attached hydrogens (tertiary/aromatic N) is 1. The summed E-state index contributed by atoms with van der Waals surface area (Å²) in [6.45, 7) is 5.00. The van der Waals surface area contributed by atoms with E-state index < -0.39 is 17.2 Å². The molecule has 21 heavy (non-hydrogen) atoms. The molecule has 1 rings (SSSR count). The summed E-state index contributed by atoms with van der Waals surface area (Å²) < 4.78 is 5.17. The first-order valence-corrected chi connectivity index (χ1v) is 6.52. The van der Waals surface area contributed by atoms with Crippen molar-refractivity contribution in [2.24, 2.45) is 0 Å². The molecule has 0 aromatic heterocycles. The highest BCUT2D eigenvalue weighted by atomic mass is 16.6. The number of aliphatic hydroxyl groups excluding tert-OH is 1. The zero-order chi connectivity index (χ0) is 16.3. The number of amides is 1. The summed E-state index contributed by atoms with van der Waals surface area (Å²) in [4.78, 5) is 12.9. The van der Waals surface area contributed by atoms with E-state index in [4.69, 9.17) is 25.5 Å². The maximum Gasteiger partial charge on any atom is 0.411 e. The van der Waals surface area contributed by atoms with E-state index in [1.54, 1.807) is 45.0 Å². The van der Waals surface area contributed by atoms with E-state index >= 15 is 0 Å². The van der Waals surface area contributed by atoms with Crippen LogP contribution >= 0.6 is 0 Å². The van der Waals surface area contributed by atoms with E-state index in [1.165, 1.54) is 0 Å². The van der Waals surface area contributed by atoms with Crippen LogP contribution in [-0.2, 0) is 17.9 Å². The largest absolute Gasteiger partial charge is 0.444 e.